The van der Waals surface area contributed by atoms with Crippen molar-refractivity contribution < 1.29 is 14.6 Å². The number of aliphatic hydroxyl groups is 1. The molecule has 0 radical (unpaired) electrons. The zero-order valence-electron chi connectivity index (χ0n) is 12.5. The van der Waals surface area contributed by atoms with E-state index in [1.807, 2.05) is 19.9 Å². The second kappa shape index (κ2) is 5.10. The molecule has 5 atom stereocenters. The minimum atomic E-state index is -1.14. The summed E-state index contributed by atoms with van der Waals surface area (Å²) in [6.07, 6.45) is 6.94. The summed E-state index contributed by atoms with van der Waals surface area (Å²) in [7, 11) is 0. The minimum Gasteiger partial charge on any atom is -0.453 e. The molecule has 0 amide bonds. The van der Waals surface area contributed by atoms with Gasteiger partial charge in [0.15, 0.2) is 5.60 Å². The molecule has 0 aromatic carbocycles. The summed E-state index contributed by atoms with van der Waals surface area (Å²) in [5.41, 5.74) is -1.03. The van der Waals surface area contributed by atoms with E-state index >= 15 is 0 Å². The first kappa shape index (κ1) is 15.0. The zero-order chi connectivity index (χ0) is 15.3. The van der Waals surface area contributed by atoms with Gasteiger partial charge in [0.05, 0.1) is 0 Å². The second-order valence-corrected chi connectivity index (χ2v) is 6.89. The lowest BCUT2D eigenvalue weighted by atomic mass is 9.63. The Bertz CT molecular complexity index is 518. The third-order valence-electron chi connectivity index (χ3n) is 5.42. The van der Waals surface area contributed by atoms with E-state index < -0.39 is 23.2 Å². The number of halogens is 1. The fraction of sp³-hybridized carbons (Fsp3) is 0.750. The van der Waals surface area contributed by atoms with Crippen LogP contribution in [0, 0.1) is 11.8 Å². The van der Waals surface area contributed by atoms with Gasteiger partial charge in [-0.15, -0.1) is 11.6 Å². The Morgan fingerprint density at radius 2 is 2.38 bits per heavy atom. The first-order valence-corrected chi connectivity index (χ1v) is 8.21. The van der Waals surface area contributed by atoms with E-state index in [-0.39, 0.29) is 11.8 Å². The Balaban J connectivity index is 1.96. The molecule has 5 heteroatoms. The van der Waals surface area contributed by atoms with E-state index in [0.717, 1.165) is 25.0 Å². The molecule has 0 aromatic heterocycles. The van der Waals surface area contributed by atoms with Gasteiger partial charge in [-0.25, -0.2) is 4.79 Å². The van der Waals surface area contributed by atoms with Crippen LogP contribution in [0.2, 0.25) is 0 Å². The van der Waals surface area contributed by atoms with Gasteiger partial charge in [0, 0.05) is 23.4 Å². The predicted molar refractivity (Wildman–Crippen MR) is 81.7 cm³/mol. The number of aliphatic imine (C=N–C) groups is 1. The number of esters is 1. The zero-order valence-corrected chi connectivity index (χ0v) is 13.3. The maximum absolute atomic E-state index is 12.3. The highest BCUT2D eigenvalue weighted by Crippen LogP contribution is 2.56. The van der Waals surface area contributed by atoms with Crippen molar-refractivity contribution in [1.29, 1.82) is 0 Å². The van der Waals surface area contributed by atoms with Crippen LogP contribution >= 0.6 is 11.6 Å². The number of ether oxygens (including phenoxy) is 1. The fourth-order valence-corrected chi connectivity index (χ4v) is 4.46. The number of alkyl halides is 1. The summed E-state index contributed by atoms with van der Waals surface area (Å²) in [6.45, 7) is 3.80. The molecule has 1 aliphatic carbocycles. The van der Waals surface area contributed by atoms with Crippen LogP contribution in [-0.4, -0.2) is 39.9 Å². The smallest absolute Gasteiger partial charge is 0.341 e. The van der Waals surface area contributed by atoms with Gasteiger partial charge in [-0.1, -0.05) is 12.2 Å². The molecule has 1 saturated heterocycles. The Morgan fingerprint density at radius 1 is 1.62 bits per heavy atom. The van der Waals surface area contributed by atoms with Gasteiger partial charge in [0.1, 0.15) is 6.10 Å². The fourth-order valence-electron chi connectivity index (χ4n) is 4.24. The maximum atomic E-state index is 12.3. The third kappa shape index (κ3) is 1.85. The number of hydrogen-bond donors (Lipinski definition) is 1. The monoisotopic (exact) mass is 311 g/mol. The standard InChI is InChI=1S/C16H22ClNO3/c1-10-12(8-9-17)15(2)16(18-10,14(20)21-15)13(19)11-6-4-3-5-7-11/h4,6,11-13,19H,3,5,7-9H2,1-2H3/t11-,12+,13+,15+,16+/m1/s1. The lowest BCUT2D eigenvalue weighted by Crippen LogP contribution is -2.76. The number of rotatable bonds is 4. The molecule has 0 unspecified atom stereocenters. The molecule has 2 heterocycles. The van der Waals surface area contributed by atoms with Gasteiger partial charge in [-0.2, -0.15) is 0 Å². The van der Waals surface area contributed by atoms with Gasteiger partial charge < -0.3 is 9.84 Å². The van der Waals surface area contributed by atoms with Crippen LogP contribution in [0.4, 0.5) is 0 Å². The van der Waals surface area contributed by atoms with Crippen molar-refractivity contribution >= 4 is 23.3 Å². The Kier molecular flexibility index (Phi) is 3.65. The average molecular weight is 312 g/mol. The molecule has 1 fully saturated rings. The van der Waals surface area contributed by atoms with Crippen molar-refractivity contribution in [1.82, 2.24) is 0 Å². The summed E-state index contributed by atoms with van der Waals surface area (Å²) in [5, 5.41) is 10.9. The van der Waals surface area contributed by atoms with E-state index in [4.69, 9.17) is 16.3 Å². The van der Waals surface area contributed by atoms with Crippen LogP contribution in [0.5, 0.6) is 0 Å². The van der Waals surface area contributed by atoms with Gasteiger partial charge in [0.2, 0.25) is 5.54 Å². The molecule has 0 aromatic rings. The number of carbonyl (C=O) groups excluding carboxylic acids is 1. The second-order valence-electron chi connectivity index (χ2n) is 6.51. The van der Waals surface area contributed by atoms with E-state index in [0.29, 0.717) is 12.3 Å². The molecule has 1 N–H and O–H groups in total. The average Bonchev–Trinajstić information content (AvgIpc) is 2.65. The number of aliphatic hydroxyl groups excluding tert-OH is 1. The minimum absolute atomic E-state index is 0.00470. The topological polar surface area (TPSA) is 58.9 Å². The Morgan fingerprint density at radius 3 is 2.95 bits per heavy atom. The van der Waals surface area contributed by atoms with E-state index in [1.165, 1.54) is 0 Å². The first-order valence-electron chi connectivity index (χ1n) is 7.68. The van der Waals surface area contributed by atoms with Crippen LogP contribution in [0.25, 0.3) is 0 Å². The molecule has 2 aliphatic heterocycles. The highest BCUT2D eigenvalue weighted by atomic mass is 35.5. The van der Waals surface area contributed by atoms with E-state index in [9.17, 15) is 9.90 Å². The third-order valence-corrected chi connectivity index (χ3v) is 5.64. The van der Waals surface area contributed by atoms with Crippen molar-refractivity contribution in [3.8, 4) is 0 Å². The summed E-state index contributed by atoms with van der Waals surface area (Å²) < 4.78 is 5.51. The predicted octanol–water partition coefficient (Wildman–Crippen LogP) is 2.48. The molecule has 21 heavy (non-hydrogen) atoms. The van der Waals surface area contributed by atoms with Crippen LogP contribution in [0.1, 0.15) is 39.5 Å². The van der Waals surface area contributed by atoms with E-state index in [1.54, 1.807) is 0 Å². The van der Waals surface area contributed by atoms with Gasteiger partial charge in [0.25, 0.3) is 0 Å². The quantitative estimate of drug-likeness (QED) is 0.493. The van der Waals surface area contributed by atoms with Crippen LogP contribution < -0.4 is 0 Å². The van der Waals surface area contributed by atoms with E-state index in [2.05, 4.69) is 11.1 Å². The van der Waals surface area contributed by atoms with Crippen molar-refractivity contribution in [2.24, 2.45) is 16.8 Å². The van der Waals surface area contributed by atoms with Gasteiger partial charge in [-0.05, 0) is 39.5 Å². The van der Waals surface area contributed by atoms with Gasteiger partial charge >= 0.3 is 5.97 Å². The number of allylic oxidation sites excluding steroid dienone is 1. The Hall–Kier alpha value is -0.870. The lowest BCUT2D eigenvalue weighted by Gasteiger charge is -2.54. The van der Waals surface area contributed by atoms with Crippen LogP contribution in [0.15, 0.2) is 17.1 Å². The maximum Gasteiger partial charge on any atom is 0.341 e. The van der Waals surface area contributed by atoms with Crippen LogP contribution in [0.3, 0.4) is 0 Å². The first-order chi connectivity index (χ1) is 9.97. The molecular formula is C16H22ClNO3. The SMILES string of the molecule is CC1=N[C@@]2([C@@H](O)[C@@H]3C=CCCC3)C(=O)O[C@@]2(C)[C@H]1CCCl. The summed E-state index contributed by atoms with van der Waals surface area (Å²) in [6, 6.07) is 0. The summed E-state index contributed by atoms with van der Waals surface area (Å²) in [4.78, 5) is 16.9. The molecule has 3 aliphatic rings. The highest BCUT2D eigenvalue weighted by molar-refractivity contribution is 6.18. The molecule has 0 saturated carbocycles. The lowest BCUT2D eigenvalue weighted by molar-refractivity contribution is -0.235. The van der Waals surface area contributed by atoms with Crippen molar-refractivity contribution in [2.45, 2.75) is 56.8 Å². The molecule has 0 bridgehead atoms. The van der Waals surface area contributed by atoms with Crippen molar-refractivity contribution in [3.05, 3.63) is 12.2 Å². The molecule has 4 nitrogen and oxygen atoms in total. The van der Waals surface area contributed by atoms with Gasteiger partial charge in [-0.3, -0.25) is 4.99 Å². The molecular weight excluding hydrogens is 290 g/mol. The number of fused-ring (bicyclic) bond motifs is 1. The van der Waals surface area contributed by atoms with Crippen LogP contribution in [-0.2, 0) is 9.53 Å². The van der Waals surface area contributed by atoms with Crippen molar-refractivity contribution in [3.63, 3.8) is 0 Å². The molecule has 116 valence electrons. The van der Waals surface area contributed by atoms with Crippen molar-refractivity contribution in [2.75, 3.05) is 5.88 Å². The molecule has 0 spiro atoms. The summed E-state index contributed by atoms with van der Waals surface area (Å²) in [5.74, 6) is 0.0558. The largest absolute Gasteiger partial charge is 0.453 e. The number of hydrogen-bond acceptors (Lipinski definition) is 4. The number of nitrogens with zero attached hydrogens (tertiary/aromatic N) is 1. The molecule has 3 rings (SSSR count). The normalized spacial score (nSPS) is 42.9. The Labute approximate surface area is 130 Å². The number of carbonyl (C=O) groups is 1. The highest BCUT2D eigenvalue weighted by Gasteiger charge is 2.77. The summed E-state index contributed by atoms with van der Waals surface area (Å²) >= 11 is 5.89.